The highest BCUT2D eigenvalue weighted by atomic mass is 15.3. The third-order valence-corrected chi connectivity index (χ3v) is 3.49. The second-order valence-electron chi connectivity index (χ2n) is 5.50. The Bertz CT molecular complexity index is 386. The van der Waals surface area contributed by atoms with Gasteiger partial charge in [0.2, 0.25) is 5.95 Å². The number of hydrogen-bond acceptors (Lipinski definition) is 4. The topological polar surface area (TPSA) is 55.0 Å². The lowest BCUT2D eigenvalue weighted by Crippen LogP contribution is -2.38. The van der Waals surface area contributed by atoms with Crippen molar-refractivity contribution in [3.8, 4) is 0 Å². The van der Waals surface area contributed by atoms with Crippen LogP contribution in [-0.4, -0.2) is 22.6 Å². The average molecular weight is 264 g/mol. The van der Waals surface area contributed by atoms with Crippen LogP contribution in [0.1, 0.15) is 51.8 Å². The number of aromatic nitrogens is 2. The zero-order chi connectivity index (χ0) is 14.4. The normalized spacial score (nSPS) is 11.4. The Morgan fingerprint density at radius 1 is 1.26 bits per heavy atom. The van der Waals surface area contributed by atoms with Crippen molar-refractivity contribution in [2.24, 2.45) is 11.7 Å². The summed E-state index contributed by atoms with van der Waals surface area (Å²) in [5, 5.41) is 0. The predicted molar refractivity (Wildman–Crippen MR) is 81.2 cm³/mol. The third-order valence-electron chi connectivity index (χ3n) is 3.49. The van der Waals surface area contributed by atoms with Crippen molar-refractivity contribution in [1.29, 1.82) is 0 Å². The van der Waals surface area contributed by atoms with Crippen LogP contribution in [0.2, 0.25) is 0 Å². The highest BCUT2D eigenvalue weighted by Crippen LogP contribution is 2.19. The molecule has 1 aromatic rings. The first-order valence-corrected chi connectivity index (χ1v) is 7.32. The number of anilines is 1. The minimum atomic E-state index is 0.501. The summed E-state index contributed by atoms with van der Waals surface area (Å²) in [6.45, 7) is 12.4. The van der Waals surface area contributed by atoms with Crippen LogP contribution in [-0.2, 0) is 6.54 Å². The molecule has 0 fully saturated rings. The molecule has 0 spiro atoms. The molecular formula is C15H28N4. The minimum absolute atomic E-state index is 0.501. The van der Waals surface area contributed by atoms with Gasteiger partial charge in [0.25, 0.3) is 0 Å². The predicted octanol–water partition coefficient (Wildman–Crippen LogP) is 2.89. The summed E-state index contributed by atoms with van der Waals surface area (Å²) in [7, 11) is 0. The highest BCUT2D eigenvalue weighted by molar-refractivity contribution is 5.34. The quantitative estimate of drug-likeness (QED) is 0.822. The van der Waals surface area contributed by atoms with Gasteiger partial charge in [0, 0.05) is 36.6 Å². The molecule has 4 nitrogen and oxygen atoms in total. The van der Waals surface area contributed by atoms with E-state index in [2.05, 4.69) is 42.6 Å². The van der Waals surface area contributed by atoms with E-state index in [0.29, 0.717) is 18.5 Å². The van der Waals surface area contributed by atoms with E-state index in [4.69, 9.17) is 5.73 Å². The average Bonchev–Trinajstić information content (AvgIpc) is 2.38. The molecule has 0 saturated carbocycles. The standard InChI is InChI=1S/C15H28N4/c1-6-14(7-2)19(10-11(3)4)15-17-9-13(8-16)12(5)18-15/h9,11,14H,6-8,10,16H2,1-5H3. The van der Waals surface area contributed by atoms with Gasteiger partial charge >= 0.3 is 0 Å². The highest BCUT2D eigenvalue weighted by Gasteiger charge is 2.19. The van der Waals surface area contributed by atoms with Gasteiger partial charge < -0.3 is 10.6 Å². The van der Waals surface area contributed by atoms with Crippen molar-refractivity contribution in [2.45, 2.75) is 60.0 Å². The molecule has 1 aromatic heterocycles. The summed E-state index contributed by atoms with van der Waals surface area (Å²) in [6.07, 6.45) is 4.10. The van der Waals surface area contributed by atoms with Crippen molar-refractivity contribution in [1.82, 2.24) is 9.97 Å². The van der Waals surface area contributed by atoms with E-state index < -0.39 is 0 Å². The van der Waals surface area contributed by atoms with Crippen LogP contribution in [0.25, 0.3) is 0 Å². The van der Waals surface area contributed by atoms with E-state index >= 15 is 0 Å². The number of rotatable bonds is 7. The zero-order valence-corrected chi connectivity index (χ0v) is 13.0. The molecular weight excluding hydrogens is 236 g/mol. The lowest BCUT2D eigenvalue weighted by molar-refractivity contribution is 0.498. The van der Waals surface area contributed by atoms with E-state index in [9.17, 15) is 0 Å². The SMILES string of the molecule is CCC(CC)N(CC(C)C)c1ncc(CN)c(C)n1. The fourth-order valence-corrected chi connectivity index (χ4v) is 2.34. The lowest BCUT2D eigenvalue weighted by atomic mass is 10.1. The molecule has 0 amide bonds. The maximum atomic E-state index is 5.68. The molecule has 0 bridgehead atoms. The Morgan fingerprint density at radius 2 is 1.89 bits per heavy atom. The van der Waals surface area contributed by atoms with Crippen LogP contribution in [0, 0.1) is 12.8 Å². The Kier molecular flexibility index (Phi) is 6.22. The molecule has 0 unspecified atom stereocenters. The molecule has 0 aromatic carbocycles. The van der Waals surface area contributed by atoms with E-state index in [1.165, 1.54) is 0 Å². The molecule has 0 aliphatic carbocycles. The van der Waals surface area contributed by atoms with Crippen molar-refractivity contribution < 1.29 is 0 Å². The van der Waals surface area contributed by atoms with Crippen molar-refractivity contribution in [3.63, 3.8) is 0 Å². The number of aryl methyl sites for hydroxylation is 1. The summed E-state index contributed by atoms with van der Waals surface area (Å²) in [5.41, 5.74) is 7.69. The molecule has 0 aliphatic heterocycles. The van der Waals surface area contributed by atoms with E-state index in [-0.39, 0.29) is 0 Å². The molecule has 0 radical (unpaired) electrons. The molecule has 0 atom stereocenters. The largest absolute Gasteiger partial charge is 0.338 e. The molecule has 0 aliphatic rings. The summed E-state index contributed by atoms with van der Waals surface area (Å²) < 4.78 is 0. The number of nitrogens with zero attached hydrogens (tertiary/aromatic N) is 3. The fourth-order valence-electron chi connectivity index (χ4n) is 2.34. The maximum Gasteiger partial charge on any atom is 0.225 e. The van der Waals surface area contributed by atoms with Crippen LogP contribution < -0.4 is 10.6 Å². The summed E-state index contributed by atoms with van der Waals surface area (Å²) in [5.74, 6) is 1.44. The van der Waals surface area contributed by atoms with Crippen molar-refractivity contribution >= 4 is 5.95 Å². The van der Waals surface area contributed by atoms with Gasteiger partial charge in [-0.15, -0.1) is 0 Å². The molecule has 1 rings (SSSR count). The van der Waals surface area contributed by atoms with Crippen LogP contribution in [0.5, 0.6) is 0 Å². The van der Waals surface area contributed by atoms with Crippen LogP contribution in [0.3, 0.4) is 0 Å². The fraction of sp³-hybridized carbons (Fsp3) is 0.733. The number of hydrogen-bond donors (Lipinski definition) is 1. The number of nitrogens with two attached hydrogens (primary N) is 1. The molecule has 4 heteroatoms. The second-order valence-corrected chi connectivity index (χ2v) is 5.50. The Balaban J connectivity index is 3.05. The van der Waals surface area contributed by atoms with E-state index in [0.717, 1.165) is 36.6 Å². The van der Waals surface area contributed by atoms with Crippen molar-refractivity contribution in [2.75, 3.05) is 11.4 Å². The van der Waals surface area contributed by atoms with E-state index in [1.807, 2.05) is 13.1 Å². The molecule has 108 valence electrons. The summed E-state index contributed by atoms with van der Waals surface area (Å²) in [6, 6.07) is 0.505. The van der Waals surface area contributed by atoms with E-state index in [1.54, 1.807) is 0 Å². The van der Waals surface area contributed by atoms with Gasteiger partial charge in [0.05, 0.1) is 0 Å². The Morgan fingerprint density at radius 3 is 2.32 bits per heavy atom. The third kappa shape index (κ3) is 4.16. The van der Waals surface area contributed by atoms with Gasteiger partial charge in [-0.2, -0.15) is 0 Å². The van der Waals surface area contributed by atoms with Gasteiger partial charge in [0.15, 0.2) is 0 Å². The summed E-state index contributed by atoms with van der Waals surface area (Å²) in [4.78, 5) is 11.5. The van der Waals surface area contributed by atoms with Gasteiger partial charge in [-0.3, -0.25) is 0 Å². The minimum Gasteiger partial charge on any atom is -0.338 e. The monoisotopic (exact) mass is 264 g/mol. The second kappa shape index (κ2) is 7.43. The maximum absolute atomic E-state index is 5.68. The smallest absolute Gasteiger partial charge is 0.225 e. The van der Waals surface area contributed by atoms with Gasteiger partial charge in [-0.1, -0.05) is 27.7 Å². The zero-order valence-electron chi connectivity index (χ0n) is 13.0. The van der Waals surface area contributed by atoms with Gasteiger partial charge in [-0.25, -0.2) is 9.97 Å². The van der Waals surface area contributed by atoms with Gasteiger partial charge in [-0.05, 0) is 25.7 Å². The molecule has 0 saturated heterocycles. The summed E-state index contributed by atoms with van der Waals surface area (Å²) >= 11 is 0. The lowest BCUT2D eigenvalue weighted by Gasteiger charge is -2.32. The Labute approximate surface area is 117 Å². The first kappa shape index (κ1) is 15.9. The first-order chi connectivity index (χ1) is 9.03. The van der Waals surface area contributed by atoms with Crippen molar-refractivity contribution in [3.05, 3.63) is 17.5 Å². The van der Waals surface area contributed by atoms with Crippen LogP contribution in [0.4, 0.5) is 5.95 Å². The first-order valence-electron chi connectivity index (χ1n) is 7.32. The van der Waals surface area contributed by atoms with Crippen LogP contribution >= 0.6 is 0 Å². The van der Waals surface area contributed by atoms with Crippen LogP contribution in [0.15, 0.2) is 6.20 Å². The molecule has 1 heterocycles. The Hall–Kier alpha value is -1.16. The molecule has 2 N–H and O–H groups in total. The van der Waals surface area contributed by atoms with Gasteiger partial charge in [0.1, 0.15) is 0 Å². The molecule has 19 heavy (non-hydrogen) atoms.